The van der Waals surface area contributed by atoms with Gasteiger partial charge in [-0.1, -0.05) is 41.4 Å². The van der Waals surface area contributed by atoms with Crippen LogP contribution in [0.3, 0.4) is 0 Å². The van der Waals surface area contributed by atoms with Crippen molar-refractivity contribution in [3.8, 4) is 0 Å². The molecule has 3 aromatic rings. The summed E-state index contributed by atoms with van der Waals surface area (Å²) in [7, 11) is 0. The van der Waals surface area contributed by atoms with E-state index in [0.29, 0.717) is 21.4 Å². The number of nitrogens with one attached hydrogen (secondary N) is 2. The Morgan fingerprint density at radius 2 is 1.90 bits per heavy atom. The van der Waals surface area contributed by atoms with Gasteiger partial charge in [-0.15, -0.1) is 0 Å². The molecule has 0 unspecified atom stereocenters. The van der Waals surface area contributed by atoms with Gasteiger partial charge in [-0.3, -0.25) is 4.79 Å². The molecule has 1 amide bonds. The van der Waals surface area contributed by atoms with E-state index in [0.717, 1.165) is 16.5 Å². The first-order valence-corrected chi connectivity index (χ1v) is 7.15. The molecule has 21 heavy (non-hydrogen) atoms. The number of amides is 1. The van der Waals surface area contributed by atoms with E-state index in [1.165, 1.54) is 0 Å². The molecule has 3 nitrogen and oxygen atoms in total. The van der Waals surface area contributed by atoms with Gasteiger partial charge < -0.3 is 10.3 Å². The van der Waals surface area contributed by atoms with Crippen molar-refractivity contribution in [3.63, 3.8) is 0 Å². The van der Waals surface area contributed by atoms with Crippen molar-refractivity contribution in [2.45, 2.75) is 6.92 Å². The number of H-pyrrole nitrogens is 1. The Morgan fingerprint density at radius 3 is 2.62 bits per heavy atom. The summed E-state index contributed by atoms with van der Waals surface area (Å²) in [6.45, 7) is 1.91. The maximum atomic E-state index is 12.3. The molecule has 0 aliphatic heterocycles. The van der Waals surface area contributed by atoms with Gasteiger partial charge in [0.25, 0.3) is 5.91 Å². The lowest BCUT2D eigenvalue weighted by molar-refractivity contribution is 0.102. The maximum Gasteiger partial charge on any atom is 0.272 e. The second kappa shape index (κ2) is 5.43. The van der Waals surface area contributed by atoms with Crippen molar-refractivity contribution in [1.29, 1.82) is 0 Å². The number of carbonyl (C=O) groups excluding carboxylic acids is 1. The van der Waals surface area contributed by atoms with Gasteiger partial charge in [-0.25, -0.2) is 0 Å². The van der Waals surface area contributed by atoms with Gasteiger partial charge in [-0.05, 0) is 36.8 Å². The molecule has 0 saturated carbocycles. The molecule has 1 aromatic heterocycles. The number of aromatic amines is 1. The number of carbonyl (C=O) groups is 1. The van der Waals surface area contributed by atoms with E-state index in [-0.39, 0.29) is 5.91 Å². The van der Waals surface area contributed by atoms with Crippen LogP contribution in [0.4, 0.5) is 5.69 Å². The van der Waals surface area contributed by atoms with Crippen molar-refractivity contribution >= 4 is 45.7 Å². The zero-order valence-corrected chi connectivity index (χ0v) is 12.7. The lowest BCUT2D eigenvalue weighted by Gasteiger charge is -2.05. The fourth-order valence-corrected chi connectivity index (χ4v) is 2.52. The third-order valence-electron chi connectivity index (χ3n) is 3.28. The monoisotopic (exact) mass is 318 g/mol. The van der Waals surface area contributed by atoms with Gasteiger partial charge in [0.2, 0.25) is 0 Å². The molecular formula is C16H12Cl2N2O. The zero-order valence-electron chi connectivity index (χ0n) is 11.2. The highest BCUT2D eigenvalue weighted by Crippen LogP contribution is 2.24. The predicted molar refractivity (Wildman–Crippen MR) is 87.5 cm³/mol. The summed E-state index contributed by atoms with van der Waals surface area (Å²) in [6.07, 6.45) is 0. The number of halogens is 2. The largest absolute Gasteiger partial charge is 0.349 e. The summed E-state index contributed by atoms with van der Waals surface area (Å²) in [5, 5.41) is 4.91. The third kappa shape index (κ3) is 2.75. The zero-order chi connectivity index (χ0) is 15.0. The number of rotatable bonds is 2. The molecule has 0 radical (unpaired) electrons. The second-order valence-electron chi connectivity index (χ2n) is 4.81. The van der Waals surface area contributed by atoms with E-state index in [2.05, 4.69) is 10.3 Å². The lowest BCUT2D eigenvalue weighted by Crippen LogP contribution is -2.12. The number of anilines is 1. The lowest BCUT2D eigenvalue weighted by atomic mass is 10.2. The van der Waals surface area contributed by atoms with Gasteiger partial charge in [0, 0.05) is 16.1 Å². The molecule has 0 fully saturated rings. The topological polar surface area (TPSA) is 44.9 Å². The molecule has 0 aliphatic rings. The highest BCUT2D eigenvalue weighted by atomic mass is 35.5. The first kappa shape index (κ1) is 14.0. The fraction of sp³-hybridized carbons (Fsp3) is 0.0625. The minimum Gasteiger partial charge on any atom is -0.349 e. The molecule has 0 atom stereocenters. The van der Waals surface area contributed by atoms with Crippen LogP contribution in [0.25, 0.3) is 10.9 Å². The van der Waals surface area contributed by atoms with Crippen molar-refractivity contribution in [1.82, 2.24) is 4.98 Å². The van der Waals surface area contributed by atoms with Crippen LogP contribution in [0.1, 0.15) is 16.1 Å². The molecule has 0 spiro atoms. The second-order valence-corrected chi connectivity index (χ2v) is 5.62. The summed E-state index contributed by atoms with van der Waals surface area (Å²) in [6, 6.07) is 12.7. The summed E-state index contributed by atoms with van der Waals surface area (Å²) >= 11 is 12.1. The molecular weight excluding hydrogens is 307 g/mol. The first-order valence-electron chi connectivity index (χ1n) is 6.39. The van der Waals surface area contributed by atoms with Crippen LogP contribution in [0.5, 0.6) is 0 Å². The SMILES string of the molecule is Cc1ccc(NC(=O)c2cc3cccc(Cl)c3[nH]2)cc1Cl. The van der Waals surface area contributed by atoms with Crippen LogP contribution in [0, 0.1) is 6.92 Å². The Bertz CT molecular complexity index is 839. The fourth-order valence-electron chi connectivity index (χ4n) is 2.11. The molecule has 0 aliphatic carbocycles. The van der Waals surface area contributed by atoms with Crippen LogP contribution < -0.4 is 5.32 Å². The number of fused-ring (bicyclic) bond motifs is 1. The summed E-state index contributed by atoms with van der Waals surface area (Å²) < 4.78 is 0. The normalized spacial score (nSPS) is 10.8. The molecule has 1 heterocycles. The van der Waals surface area contributed by atoms with Gasteiger partial charge in [0.1, 0.15) is 5.69 Å². The van der Waals surface area contributed by atoms with Gasteiger partial charge >= 0.3 is 0 Å². The van der Waals surface area contributed by atoms with Crippen LogP contribution in [0.15, 0.2) is 42.5 Å². The Labute approximate surface area is 131 Å². The predicted octanol–water partition coefficient (Wildman–Crippen LogP) is 5.04. The van der Waals surface area contributed by atoms with E-state index >= 15 is 0 Å². The van der Waals surface area contributed by atoms with E-state index < -0.39 is 0 Å². The number of aromatic nitrogens is 1. The molecule has 2 aromatic carbocycles. The van der Waals surface area contributed by atoms with Gasteiger partial charge in [0.05, 0.1) is 10.5 Å². The Balaban J connectivity index is 1.90. The quantitative estimate of drug-likeness (QED) is 0.683. The average Bonchev–Trinajstić information content (AvgIpc) is 2.89. The van der Waals surface area contributed by atoms with E-state index in [9.17, 15) is 4.79 Å². The number of hydrogen-bond acceptors (Lipinski definition) is 1. The van der Waals surface area contributed by atoms with Crippen molar-refractivity contribution in [2.24, 2.45) is 0 Å². The van der Waals surface area contributed by atoms with E-state index in [1.54, 1.807) is 18.2 Å². The van der Waals surface area contributed by atoms with Crippen molar-refractivity contribution in [3.05, 3.63) is 63.8 Å². The summed E-state index contributed by atoms with van der Waals surface area (Å²) in [5.74, 6) is -0.234. The van der Waals surface area contributed by atoms with Crippen LogP contribution >= 0.6 is 23.2 Å². The van der Waals surface area contributed by atoms with Crippen LogP contribution in [-0.4, -0.2) is 10.9 Å². The summed E-state index contributed by atoms with van der Waals surface area (Å²) in [5.41, 5.74) is 2.83. The van der Waals surface area contributed by atoms with Crippen molar-refractivity contribution in [2.75, 3.05) is 5.32 Å². The molecule has 106 valence electrons. The minimum absolute atomic E-state index is 0.234. The number of aryl methyl sites for hydroxylation is 1. The number of benzene rings is 2. The molecule has 0 saturated heterocycles. The Hall–Kier alpha value is -1.97. The highest BCUT2D eigenvalue weighted by molar-refractivity contribution is 6.35. The van der Waals surface area contributed by atoms with E-state index in [4.69, 9.17) is 23.2 Å². The molecule has 5 heteroatoms. The molecule has 0 bridgehead atoms. The van der Waals surface area contributed by atoms with Crippen LogP contribution in [0.2, 0.25) is 10.0 Å². The third-order valence-corrected chi connectivity index (χ3v) is 4.00. The van der Waals surface area contributed by atoms with E-state index in [1.807, 2.05) is 31.2 Å². The molecule has 3 rings (SSSR count). The number of hydrogen-bond donors (Lipinski definition) is 2. The molecule has 2 N–H and O–H groups in total. The smallest absolute Gasteiger partial charge is 0.272 e. The van der Waals surface area contributed by atoms with Gasteiger partial charge in [0.15, 0.2) is 0 Å². The standard InChI is InChI=1S/C16H12Cl2N2O/c1-9-5-6-11(8-13(9)18)19-16(21)14-7-10-3-2-4-12(17)15(10)20-14/h2-8,20H,1H3,(H,19,21). The number of para-hydroxylation sites is 1. The van der Waals surface area contributed by atoms with Gasteiger partial charge in [-0.2, -0.15) is 0 Å². The summed E-state index contributed by atoms with van der Waals surface area (Å²) in [4.78, 5) is 15.3. The Morgan fingerprint density at radius 1 is 1.10 bits per heavy atom. The van der Waals surface area contributed by atoms with Crippen molar-refractivity contribution < 1.29 is 4.79 Å². The average molecular weight is 319 g/mol. The maximum absolute atomic E-state index is 12.3. The Kier molecular flexibility index (Phi) is 3.62. The minimum atomic E-state index is -0.234. The first-order chi connectivity index (χ1) is 10.0. The highest BCUT2D eigenvalue weighted by Gasteiger charge is 2.11. The van der Waals surface area contributed by atoms with Crippen LogP contribution in [-0.2, 0) is 0 Å².